The summed E-state index contributed by atoms with van der Waals surface area (Å²) in [4.78, 5) is 9.35. The van der Waals surface area contributed by atoms with Crippen LogP contribution in [-0.4, -0.2) is 61.7 Å². The lowest BCUT2D eigenvalue weighted by molar-refractivity contribution is 0.0179. The van der Waals surface area contributed by atoms with Gasteiger partial charge in [0.2, 0.25) is 0 Å². The van der Waals surface area contributed by atoms with E-state index in [1.165, 1.54) is 24.8 Å². The van der Waals surface area contributed by atoms with Gasteiger partial charge in [0.1, 0.15) is 0 Å². The van der Waals surface area contributed by atoms with Crippen LogP contribution < -0.4 is 5.73 Å². The molecule has 5 nitrogen and oxygen atoms in total. The Balaban J connectivity index is 0.00000225. The van der Waals surface area contributed by atoms with Gasteiger partial charge in [-0.15, -0.1) is 24.0 Å². The van der Waals surface area contributed by atoms with Crippen molar-refractivity contribution in [1.82, 2.24) is 9.80 Å². The zero-order valence-electron chi connectivity index (χ0n) is 14.6. The third-order valence-corrected chi connectivity index (χ3v) is 5.06. The maximum absolute atomic E-state index is 6.24. The number of morpholine rings is 1. The Morgan fingerprint density at radius 3 is 2.56 bits per heavy atom. The average molecular weight is 479 g/mol. The van der Waals surface area contributed by atoms with Crippen molar-refractivity contribution in [2.45, 2.75) is 25.3 Å². The highest BCUT2D eigenvalue weighted by Crippen LogP contribution is 2.25. The first-order valence-electron chi connectivity index (χ1n) is 8.86. The van der Waals surface area contributed by atoms with Crippen LogP contribution in [0.1, 0.15) is 30.9 Å². The number of hydrogen-bond acceptors (Lipinski definition) is 3. The van der Waals surface area contributed by atoms with E-state index in [0.717, 1.165) is 44.4 Å². The van der Waals surface area contributed by atoms with Crippen molar-refractivity contribution in [2.75, 3.05) is 45.9 Å². The van der Waals surface area contributed by atoms with Gasteiger partial charge in [-0.25, -0.2) is 0 Å². The van der Waals surface area contributed by atoms with E-state index < -0.39 is 0 Å². The first-order chi connectivity index (χ1) is 11.7. The third-order valence-electron chi connectivity index (χ3n) is 4.83. The predicted molar refractivity (Wildman–Crippen MR) is 114 cm³/mol. The summed E-state index contributed by atoms with van der Waals surface area (Å²) >= 11 is 6.20. The third kappa shape index (κ3) is 5.98. The van der Waals surface area contributed by atoms with Crippen LogP contribution in [0.5, 0.6) is 0 Å². The number of guanidine groups is 1. The van der Waals surface area contributed by atoms with Crippen molar-refractivity contribution in [2.24, 2.45) is 10.7 Å². The summed E-state index contributed by atoms with van der Waals surface area (Å²) in [5.74, 6) is 0.676. The van der Waals surface area contributed by atoms with Crippen LogP contribution in [0.25, 0.3) is 0 Å². The fraction of sp³-hybridized carbons (Fsp3) is 0.611. The fourth-order valence-corrected chi connectivity index (χ4v) is 3.64. The van der Waals surface area contributed by atoms with E-state index in [4.69, 9.17) is 27.1 Å². The first kappa shape index (κ1) is 20.7. The van der Waals surface area contributed by atoms with Crippen LogP contribution in [-0.2, 0) is 4.74 Å². The highest BCUT2D eigenvalue weighted by Gasteiger charge is 2.23. The Bertz CT molecular complexity index is 560. The van der Waals surface area contributed by atoms with E-state index in [9.17, 15) is 0 Å². The van der Waals surface area contributed by atoms with Crippen LogP contribution in [0.15, 0.2) is 29.3 Å². The van der Waals surface area contributed by atoms with Crippen molar-refractivity contribution < 1.29 is 4.74 Å². The number of piperidine rings is 1. The normalized spacial score (nSPS) is 20.8. The Kier molecular flexibility index (Phi) is 8.75. The molecule has 0 aliphatic carbocycles. The highest BCUT2D eigenvalue weighted by atomic mass is 127. The van der Waals surface area contributed by atoms with Gasteiger partial charge in [0, 0.05) is 31.2 Å². The summed E-state index contributed by atoms with van der Waals surface area (Å²) in [7, 11) is 0. The molecule has 2 fully saturated rings. The Morgan fingerprint density at radius 2 is 1.88 bits per heavy atom. The number of aliphatic imine (C=N–C) groups is 1. The lowest BCUT2D eigenvalue weighted by Crippen LogP contribution is -2.43. The zero-order valence-corrected chi connectivity index (χ0v) is 17.7. The van der Waals surface area contributed by atoms with E-state index in [1.54, 1.807) is 0 Å². The smallest absolute Gasteiger partial charge is 0.191 e. The van der Waals surface area contributed by atoms with Gasteiger partial charge in [0.25, 0.3) is 0 Å². The molecule has 3 rings (SSSR count). The second kappa shape index (κ2) is 10.5. The number of halogens is 2. The Labute approximate surface area is 172 Å². The number of likely N-dealkylation sites (tertiary alicyclic amines) is 1. The van der Waals surface area contributed by atoms with Crippen LogP contribution >= 0.6 is 35.6 Å². The largest absolute Gasteiger partial charge is 0.379 e. The SMILES string of the molecule is I.NC(=NCC(c1cccc(Cl)c1)N1CCOCC1)N1CCCCC1. The summed E-state index contributed by atoms with van der Waals surface area (Å²) in [6.45, 7) is 6.06. The number of nitrogens with zero attached hydrogens (tertiary/aromatic N) is 3. The predicted octanol–water partition coefficient (Wildman–Crippen LogP) is 3.13. The molecule has 0 aromatic heterocycles. The summed E-state index contributed by atoms with van der Waals surface area (Å²) in [5.41, 5.74) is 7.43. The van der Waals surface area contributed by atoms with Gasteiger partial charge < -0.3 is 15.4 Å². The van der Waals surface area contributed by atoms with Gasteiger partial charge in [-0.05, 0) is 37.0 Å². The minimum atomic E-state index is 0. The molecule has 140 valence electrons. The molecule has 2 aliphatic rings. The van der Waals surface area contributed by atoms with E-state index in [0.29, 0.717) is 12.5 Å². The molecular formula is C18H28ClIN4O. The van der Waals surface area contributed by atoms with E-state index in [1.807, 2.05) is 18.2 Å². The van der Waals surface area contributed by atoms with Gasteiger partial charge in [-0.2, -0.15) is 0 Å². The maximum atomic E-state index is 6.24. The maximum Gasteiger partial charge on any atom is 0.191 e. The molecule has 2 aliphatic heterocycles. The second-order valence-electron chi connectivity index (χ2n) is 6.47. The van der Waals surface area contributed by atoms with Gasteiger partial charge in [-0.1, -0.05) is 23.7 Å². The molecule has 2 N–H and O–H groups in total. The summed E-state index contributed by atoms with van der Waals surface area (Å²) in [6, 6.07) is 8.26. The Hall–Kier alpha value is -0.570. The zero-order chi connectivity index (χ0) is 16.8. The number of nitrogens with two attached hydrogens (primary N) is 1. The van der Waals surface area contributed by atoms with Crippen LogP contribution in [0.3, 0.4) is 0 Å². The monoisotopic (exact) mass is 478 g/mol. The summed E-state index contributed by atoms with van der Waals surface area (Å²) in [6.07, 6.45) is 3.71. The molecule has 2 saturated heterocycles. The van der Waals surface area contributed by atoms with Gasteiger partial charge >= 0.3 is 0 Å². The van der Waals surface area contributed by atoms with E-state index >= 15 is 0 Å². The van der Waals surface area contributed by atoms with Gasteiger partial charge in [-0.3, -0.25) is 9.89 Å². The molecule has 0 radical (unpaired) electrons. The summed E-state index contributed by atoms with van der Waals surface area (Å²) < 4.78 is 5.49. The molecule has 0 saturated carbocycles. The second-order valence-corrected chi connectivity index (χ2v) is 6.90. The molecule has 1 aromatic rings. The number of hydrogen-bond donors (Lipinski definition) is 1. The molecule has 25 heavy (non-hydrogen) atoms. The molecule has 0 bridgehead atoms. The molecule has 0 amide bonds. The number of ether oxygens (including phenoxy) is 1. The molecule has 1 atom stereocenters. The molecule has 7 heteroatoms. The van der Waals surface area contributed by atoms with E-state index in [2.05, 4.69) is 15.9 Å². The molecule has 1 aromatic carbocycles. The van der Waals surface area contributed by atoms with Crippen LogP contribution in [0.4, 0.5) is 0 Å². The van der Waals surface area contributed by atoms with Crippen molar-refractivity contribution in [3.63, 3.8) is 0 Å². The van der Waals surface area contributed by atoms with Crippen molar-refractivity contribution in [3.05, 3.63) is 34.9 Å². The highest BCUT2D eigenvalue weighted by molar-refractivity contribution is 14.0. The topological polar surface area (TPSA) is 54.1 Å². The van der Waals surface area contributed by atoms with Gasteiger partial charge in [0.05, 0.1) is 25.8 Å². The van der Waals surface area contributed by atoms with E-state index in [-0.39, 0.29) is 30.0 Å². The van der Waals surface area contributed by atoms with Crippen molar-refractivity contribution in [1.29, 1.82) is 0 Å². The standard InChI is InChI=1S/C18H27ClN4O.HI/c19-16-6-4-5-15(13-16)17(22-9-11-24-12-10-22)14-21-18(20)23-7-2-1-3-8-23;/h4-6,13,17H,1-3,7-12,14H2,(H2,20,21);1H. The number of benzene rings is 1. The minimum absolute atomic E-state index is 0. The summed E-state index contributed by atoms with van der Waals surface area (Å²) in [5, 5.41) is 0.763. The average Bonchev–Trinajstić information content (AvgIpc) is 2.63. The molecule has 1 unspecified atom stereocenters. The first-order valence-corrected chi connectivity index (χ1v) is 9.24. The number of rotatable bonds is 4. The van der Waals surface area contributed by atoms with Crippen molar-refractivity contribution in [3.8, 4) is 0 Å². The fourth-order valence-electron chi connectivity index (χ4n) is 3.44. The Morgan fingerprint density at radius 1 is 1.16 bits per heavy atom. The molecule has 2 heterocycles. The van der Waals surface area contributed by atoms with Crippen LogP contribution in [0.2, 0.25) is 5.02 Å². The quantitative estimate of drug-likeness (QED) is 0.410. The lowest BCUT2D eigenvalue weighted by Gasteiger charge is -2.34. The lowest BCUT2D eigenvalue weighted by atomic mass is 10.0. The van der Waals surface area contributed by atoms with Gasteiger partial charge in [0.15, 0.2) is 5.96 Å². The van der Waals surface area contributed by atoms with Crippen molar-refractivity contribution >= 4 is 41.5 Å². The molecular weight excluding hydrogens is 451 g/mol. The minimum Gasteiger partial charge on any atom is -0.379 e. The molecule has 0 spiro atoms. The van der Waals surface area contributed by atoms with Crippen LogP contribution in [0, 0.1) is 0 Å².